The van der Waals surface area contributed by atoms with Crippen LogP contribution in [0.25, 0.3) is 0 Å². The van der Waals surface area contributed by atoms with Crippen LogP contribution in [0.4, 0.5) is 0 Å². The van der Waals surface area contributed by atoms with E-state index < -0.39 is 5.97 Å². The molecular weight excluding hydrogens is 257 g/mol. The second-order valence-corrected chi connectivity index (χ2v) is 5.07. The Labute approximate surface area is 119 Å². The highest BCUT2D eigenvalue weighted by atomic mass is 16.6. The van der Waals surface area contributed by atoms with Gasteiger partial charge in [0, 0.05) is 6.42 Å². The average Bonchev–Trinajstić information content (AvgIpc) is 2.41. The molecule has 1 aliphatic rings. The number of carbonyl (C=O) groups is 1. The number of hydrogen-bond donors (Lipinski definition) is 2. The Bertz CT molecular complexity index is 480. The number of hydrogen-bond acceptors (Lipinski definition) is 4. The Hall–Kier alpha value is -1.37. The minimum Gasteiger partial charge on any atom is -0.481 e. The number of rotatable bonds is 5. The molecule has 1 aliphatic heterocycles. The van der Waals surface area contributed by atoms with E-state index in [1.807, 2.05) is 12.1 Å². The lowest BCUT2D eigenvalue weighted by Gasteiger charge is -2.30. The molecule has 1 aromatic carbocycles. The monoisotopic (exact) mass is 277 g/mol. The van der Waals surface area contributed by atoms with Gasteiger partial charge in [-0.3, -0.25) is 4.79 Å². The van der Waals surface area contributed by atoms with Crippen molar-refractivity contribution in [1.82, 2.24) is 0 Å². The third kappa shape index (κ3) is 3.59. The van der Waals surface area contributed by atoms with Gasteiger partial charge in [0.2, 0.25) is 0 Å². The lowest BCUT2D eigenvalue weighted by Crippen LogP contribution is -2.31. The van der Waals surface area contributed by atoms with E-state index in [1.54, 1.807) is 0 Å². The van der Waals surface area contributed by atoms with Crippen LogP contribution in [-0.4, -0.2) is 31.4 Å². The van der Waals surface area contributed by atoms with Gasteiger partial charge in [0.1, 0.15) is 0 Å². The molecule has 20 heavy (non-hydrogen) atoms. The van der Waals surface area contributed by atoms with E-state index >= 15 is 0 Å². The van der Waals surface area contributed by atoms with E-state index in [1.165, 1.54) is 11.1 Å². The molecule has 6 heteroatoms. The third-order valence-corrected chi connectivity index (χ3v) is 3.70. The topological polar surface area (TPSA) is 81.8 Å². The molecule has 0 aromatic heterocycles. The maximum Gasteiger partial charge on any atom is 0.438 e. The van der Waals surface area contributed by atoms with Crippen molar-refractivity contribution >= 4 is 13.7 Å². The highest BCUT2D eigenvalue weighted by Crippen LogP contribution is 2.31. The van der Waals surface area contributed by atoms with Gasteiger partial charge < -0.3 is 20.1 Å². The zero-order valence-corrected chi connectivity index (χ0v) is 11.7. The molecule has 1 aromatic rings. The first-order chi connectivity index (χ1) is 9.61. The van der Waals surface area contributed by atoms with Gasteiger partial charge in [0.15, 0.2) is 0 Å². The number of nitrogens with two attached hydrogens (primary N) is 1. The Balaban J connectivity index is 2.14. The molecule has 3 N–H and O–H groups in total. The molecule has 1 saturated heterocycles. The zero-order valence-electron chi connectivity index (χ0n) is 11.7. The molecule has 0 amide bonds. The van der Waals surface area contributed by atoms with E-state index in [2.05, 4.69) is 13.0 Å². The van der Waals surface area contributed by atoms with E-state index in [4.69, 9.17) is 20.1 Å². The maximum absolute atomic E-state index is 10.8. The summed E-state index contributed by atoms with van der Waals surface area (Å²) in [5.74, 6) is -0.843. The molecule has 1 heterocycles. The molecular formula is C14H20BNO4. The normalized spacial score (nSPS) is 22.3. The second kappa shape index (κ2) is 6.88. The molecule has 108 valence electrons. The Kier molecular flexibility index (Phi) is 5.17. The van der Waals surface area contributed by atoms with E-state index in [0.717, 1.165) is 12.0 Å². The van der Waals surface area contributed by atoms with Crippen LogP contribution in [0.2, 0.25) is 0 Å². The van der Waals surface area contributed by atoms with Crippen LogP contribution >= 0.6 is 0 Å². The van der Waals surface area contributed by atoms with Crippen molar-refractivity contribution in [1.29, 1.82) is 0 Å². The first-order valence-electron chi connectivity index (χ1n) is 6.85. The standard InChI is InChI=1S/C14H20BNO4/c1-9-10(5-6-16)3-2-4-12(9)13-7-11(8-14(17)18)19-15-20-13/h2-4,11,13,15H,5-8,16H2,1H3,(H,17,18). The highest BCUT2D eigenvalue weighted by Gasteiger charge is 2.28. The van der Waals surface area contributed by atoms with Crippen molar-refractivity contribution in [2.75, 3.05) is 6.54 Å². The molecule has 0 spiro atoms. The van der Waals surface area contributed by atoms with Crippen molar-refractivity contribution in [3.63, 3.8) is 0 Å². The number of carboxylic acid groups (broad SMARTS) is 1. The van der Waals surface area contributed by atoms with Gasteiger partial charge in [-0.05, 0) is 36.6 Å². The fourth-order valence-electron chi connectivity index (χ4n) is 2.62. The summed E-state index contributed by atoms with van der Waals surface area (Å²) in [4.78, 5) is 10.8. The van der Waals surface area contributed by atoms with Crippen LogP contribution in [0.1, 0.15) is 35.6 Å². The fraction of sp³-hybridized carbons (Fsp3) is 0.500. The van der Waals surface area contributed by atoms with Gasteiger partial charge in [-0.15, -0.1) is 0 Å². The molecule has 0 radical (unpaired) electrons. The van der Waals surface area contributed by atoms with E-state index in [9.17, 15) is 4.79 Å². The van der Waals surface area contributed by atoms with Crippen LogP contribution in [0, 0.1) is 6.92 Å². The summed E-state index contributed by atoms with van der Waals surface area (Å²) in [5.41, 5.74) is 9.12. The van der Waals surface area contributed by atoms with Crippen LogP contribution < -0.4 is 5.73 Å². The summed E-state index contributed by atoms with van der Waals surface area (Å²) in [7, 11) is 0.142. The Morgan fingerprint density at radius 2 is 2.30 bits per heavy atom. The lowest BCUT2D eigenvalue weighted by molar-refractivity contribution is -0.139. The lowest BCUT2D eigenvalue weighted by atomic mass is 9.91. The van der Waals surface area contributed by atoms with Crippen LogP contribution in [-0.2, 0) is 20.5 Å². The summed E-state index contributed by atoms with van der Waals surface area (Å²) in [6, 6.07) is 6.10. The summed E-state index contributed by atoms with van der Waals surface area (Å²) in [5, 5.41) is 8.86. The molecule has 0 bridgehead atoms. The van der Waals surface area contributed by atoms with Crippen molar-refractivity contribution < 1.29 is 19.2 Å². The summed E-state index contributed by atoms with van der Waals surface area (Å²) >= 11 is 0. The summed E-state index contributed by atoms with van der Waals surface area (Å²) < 4.78 is 11.0. The van der Waals surface area contributed by atoms with Gasteiger partial charge in [-0.25, -0.2) is 0 Å². The Morgan fingerprint density at radius 3 is 3.00 bits per heavy atom. The minimum atomic E-state index is -0.843. The number of aliphatic carboxylic acids is 1. The molecule has 2 rings (SSSR count). The zero-order chi connectivity index (χ0) is 14.5. The fourth-order valence-corrected chi connectivity index (χ4v) is 2.62. The first kappa shape index (κ1) is 15.0. The summed E-state index contributed by atoms with van der Waals surface area (Å²) in [6.07, 6.45) is 1.02. The minimum absolute atomic E-state index is 0.0153. The molecule has 0 aliphatic carbocycles. The third-order valence-electron chi connectivity index (χ3n) is 3.70. The average molecular weight is 277 g/mol. The van der Waals surface area contributed by atoms with Crippen molar-refractivity contribution in [3.8, 4) is 0 Å². The van der Waals surface area contributed by atoms with Gasteiger partial charge in [0.05, 0.1) is 18.6 Å². The molecule has 0 saturated carbocycles. The maximum atomic E-state index is 10.8. The second-order valence-electron chi connectivity index (χ2n) is 5.07. The van der Waals surface area contributed by atoms with Gasteiger partial charge in [-0.1, -0.05) is 18.2 Å². The Morgan fingerprint density at radius 1 is 1.50 bits per heavy atom. The predicted octanol–water partition coefficient (Wildman–Crippen LogP) is 1.08. The number of carboxylic acids is 1. The van der Waals surface area contributed by atoms with E-state index in [0.29, 0.717) is 13.0 Å². The van der Waals surface area contributed by atoms with Crippen LogP contribution in [0.5, 0.6) is 0 Å². The van der Waals surface area contributed by atoms with Gasteiger partial charge in [0.25, 0.3) is 0 Å². The van der Waals surface area contributed by atoms with Gasteiger partial charge in [-0.2, -0.15) is 0 Å². The first-order valence-corrected chi connectivity index (χ1v) is 6.85. The largest absolute Gasteiger partial charge is 0.481 e. The van der Waals surface area contributed by atoms with Crippen molar-refractivity contribution in [3.05, 3.63) is 34.9 Å². The van der Waals surface area contributed by atoms with Crippen molar-refractivity contribution in [2.45, 2.75) is 38.4 Å². The quantitative estimate of drug-likeness (QED) is 0.787. The van der Waals surface area contributed by atoms with Crippen LogP contribution in [0.15, 0.2) is 18.2 Å². The molecule has 2 unspecified atom stereocenters. The molecule has 1 fully saturated rings. The summed E-state index contributed by atoms with van der Waals surface area (Å²) in [6.45, 7) is 2.67. The van der Waals surface area contributed by atoms with Crippen molar-refractivity contribution in [2.24, 2.45) is 5.73 Å². The highest BCUT2D eigenvalue weighted by molar-refractivity contribution is 6.18. The van der Waals surface area contributed by atoms with Gasteiger partial charge >= 0.3 is 13.7 Å². The number of benzene rings is 1. The smallest absolute Gasteiger partial charge is 0.438 e. The van der Waals surface area contributed by atoms with E-state index in [-0.39, 0.29) is 26.3 Å². The SMILES string of the molecule is Cc1c(CCN)cccc1C1CC(CC(=O)O)OBO1. The predicted molar refractivity (Wildman–Crippen MR) is 76.7 cm³/mol. The van der Waals surface area contributed by atoms with Crippen LogP contribution in [0.3, 0.4) is 0 Å². The molecule has 5 nitrogen and oxygen atoms in total. The molecule has 2 atom stereocenters.